The lowest BCUT2D eigenvalue weighted by molar-refractivity contribution is -0.132. The SMILES string of the molecule is Cc1ccc(C(=O)N2CCC3(CCCCc4ccccc4OCCCC(=O)N(C)C3)CC2)cc1N1CCCC1. The van der Waals surface area contributed by atoms with E-state index in [0.717, 1.165) is 89.0 Å². The highest BCUT2D eigenvalue weighted by molar-refractivity contribution is 5.95. The van der Waals surface area contributed by atoms with Crippen molar-refractivity contribution in [3.05, 3.63) is 59.2 Å². The molecule has 6 heteroatoms. The standard InChI is InChI=1S/C33H45N3O3/c1-26-14-15-28(24-29(26)35-19-7-8-20-35)32(38)36-21-17-33(18-22-36)16-6-5-11-27-10-3-4-12-30(27)39-23-9-13-31(37)34(2)25-33/h3-4,10,12,14-15,24H,5-9,11,13,16-23,25H2,1-2H3. The van der Waals surface area contributed by atoms with Crippen molar-refractivity contribution in [3.8, 4) is 5.75 Å². The zero-order chi connectivity index (χ0) is 27.2. The van der Waals surface area contributed by atoms with Gasteiger partial charge in [0.05, 0.1) is 6.61 Å². The molecule has 0 atom stereocenters. The Balaban J connectivity index is 1.26. The molecule has 0 unspecified atom stereocenters. The number of hydrogen-bond acceptors (Lipinski definition) is 4. The Bertz CT molecular complexity index is 1150. The topological polar surface area (TPSA) is 53.1 Å². The quantitative estimate of drug-likeness (QED) is 0.487. The molecule has 2 amide bonds. The molecule has 210 valence electrons. The highest BCUT2D eigenvalue weighted by atomic mass is 16.5. The zero-order valence-electron chi connectivity index (χ0n) is 23.9. The molecule has 5 rings (SSSR count). The molecule has 3 aliphatic heterocycles. The van der Waals surface area contributed by atoms with E-state index in [0.29, 0.717) is 13.0 Å². The number of ether oxygens (including phenoxy) is 1. The first-order valence-electron chi connectivity index (χ1n) is 15.0. The summed E-state index contributed by atoms with van der Waals surface area (Å²) >= 11 is 0. The maximum Gasteiger partial charge on any atom is 0.253 e. The van der Waals surface area contributed by atoms with Gasteiger partial charge < -0.3 is 19.4 Å². The lowest BCUT2D eigenvalue weighted by Crippen LogP contribution is -2.48. The molecular weight excluding hydrogens is 486 g/mol. The van der Waals surface area contributed by atoms with Gasteiger partial charge >= 0.3 is 0 Å². The predicted molar refractivity (Wildman–Crippen MR) is 157 cm³/mol. The summed E-state index contributed by atoms with van der Waals surface area (Å²) < 4.78 is 6.03. The molecule has 0 bridgehead atoms. The predicted octanol–water partition coefficient (Wildman–Crippen LogP) is 5.86. The van der Waals surface area contributed by atoms with Crippen LogP contribution in [-0.4, -0.2) is 68.0 Å². The zero-order valence-corrected chi connectivity index (χ0v) is 23.9. The minimum atomic E-state index is 0.0648. The van der Waals surface area contributed by atoms with E-state index in [1.165, 1.54) is 29.7 Å². The summed E-state index contributed by atoms with van der Waals surface area (Å²) in [6, 6.07) is 14.5. The van der Waals surface area contributed by atoms with Crippen LogP contribution in [0.25, 0.3) is 0 Å². The van der Waals surface area contributed by atoms with Gasteiger partial charge in [-0.2, -0.15) is 0 Å². The second kappa shape index (κ2) is 12.4. The number of likely N-dealkylation sites (tertiary alicyclic amines) is 1. The van der Waals surface area contributed by atoms with Gasteiger partial charge in [0.1, 0.15) is 5.75 Å². The van der Waals surface area contributed by atoms with Gasteiger partial charge in [-0.25, -0.2) is 0 Å². The Hall–Kier alpha value is -3.02. The van der Waals surface area contributed by atoms with Crippen LogP contribution >= 0.6 is 0 Å². The van der Waals surface area contributed by atoms with Gasteiger partial charge in [0.2, 0.25) is 5.91 Å². The number of carbonyl (C=O) groups excluding carboxylic acids is 2. The van der Waals surface area contributed by atoms with Gasteiger partial charge in [-0.3, -0.25) is 9.59 Å². The second-order valence-electron chi connectivity index (χ2n) is 12.0. The van der Waals surface area contributed by atoms with Crippen molar-refractivity contribution in [3.63, 3.8) is 0 Å². The third-order valence-electron chi connectivity index (χ3n) is 9.18. The van der Waals surface area contributed by atoms with Crippen molar-refractivity contribution in [2.75, 3.05) is 51.3 Å². The molecule has 0 N–H and O–H groups in total. The van der Waals surface area contributed by atoms with Crippen LogP contribution in [0.15, 0.2) is 42.5 Å². The third kappa shape index (κ3) is 6.59. The van der Waals surface area contributed by atoms with Crippen LogP contribution in [0.1, 0.15) is 79.3 Å². The summed E-state index contributed by atoms with van der Waals surface area (Å²) in [6.07, 6.45) is 9.88. The Morgan fingerprint density at radius 2 is 1.64 bits per heavy atom. The number of rotatable bonds is 2. The molecule has 2 aromatic rings. The van der Waals surface area contributed by atoms with Crippen molar-refractivity contribution in [2.24, 2.45) is 5.41 Å². The average Bonchev–Trinajstić information content (AvgIpc) is 3.49. The molecule has 3 heterocycles. The molecule has 1 spiro atoms. The van der Waals surface area contributed by atoms with Crippen LogP contribution in [0.2, 0.25) is 0 Å². The van der Waals surface area contributed by atoms with Crippen LogP contribution in [0.4, 0.5) is 5.69 Å². The lowest BCUT2D eigenvalue weighted by Gasteiger charge is -2.44. The number of nitrogens with zero attached hydrogens (tertiary/aromatic N) is 3. The molecule has 0 saturated carbocycles. The van der Waals surface area contributed by atoms with Crippen LogP contribution < -0.4 is 9.64 Å². The van der Waals surface area contributed by atoms with E-state index in [1.54, 1.807) is 0 Å². The fourth-order valence-corrected chi connectivity index (χ4v) is 6.75. The van der Waals surface area contributed by atoms with E-state index in [9.17, 15) is 9.59 Å². The largest absolute Gasteiger partial charge is 0.493 e. The summed E-state index contributed by atoms with van der Waals surface area (Å²) in [4.78, 5) is 33.0. The van der Waals surface area contributed by atoms with Crippen molar-refractivity contribution >= 4 is 17.5 Å². The third-order valence-corrected chi connectivity index (χ3v) is 9.18. The fraction of sp³-hybridized carbons (Fsp3) is 0.576. The van der Waals surface area contributed by atoms with Gasteiger partial charge in [-0.05, 0) is 93.0 Å². The van der Waals surface area contributed by atoms with Crippen LogP contribution in [0.5, 0.6) is 5.75 Å². The van der Waals surface area contributed by atoms with E-state index in [2.05, 4.69) is 36.1 Å². The smallest absolute Gasteiger partial charge is 0.253 e. The lowest BCUT2D eigenvalue weighted by atomic mass is 9.73. The van der Waals surface area contributed by atoms with E-state index in [-0.39, 0.29) is 17.2 Å². The van der Waals surface area contributed by atoms with E-state index < -0.39 is 0 Å². The molecular formula is C33H45N3O3. The first-order valence-corrected chi connectivity index (χ1v) is 15.0. The summed E-state index contributed by atoms with van der Waals surface area (Å²) in [6.45, 7) is 7.15. The fourth-order valence-electron chi connectivity index (χ4n) is 6.75. The monoisotopic (exact) mass is 531 g/mol. The number of amides is 2. The minimum Gasteiger partial charge on any atom is -0.493 e. The van der Waals surface area contributed by atoms with E-state index in [4.69, 9.17) is 4.74 Å². The van der Waals surface area contributed by atoms with Gasteiger partial charge in [0.15, 0.2) is 0 Å². The van der Waals surface area contributed by atoms with Crippen molar-refractivity contribution in [1.29, 1.82) is 0 Å². The van der Waals surface area contributed by atoms with Gasteiger partial charge in [0, 0.05) is 57.4 Å². The molecule has 3 aliphatic rings. The Morgan fingerprint density at radius 3 is 2.44 bits per heavy atom. The summed E-state index contributed by atoms with van der Waals surface area (Å²) in [5.74, 6) is 1.30. The highest BCUT2D eigenvalue weighted by Crippen LogP contribution is 2.39. The second-order valence-corrected chi connectivity index (χ2v) is 12.0. The average molecular weight is 532 g/mol. The maximum atomic E-state index is 13.6. The first kappa shape index (κ1) is 27.5. The Kier molecular flexibility index (Phi) is 8.79. The minimum absolute atomic E-state index is 0.0648. The summed E-state index contributed by atoms with van der Waals surface area (Å²) in [5.41, 5.74) is 4.59. The van der Waals surface area contributed by atoms with Gasteiger partial charge in [0.25, 0.3) is 5.91 Å². The normalized spacial score (nSPS) is 20.9. The summed E-state index contributed by atoms with van der Waals surface area (Å²) in [7, 11) is 1.95. The number of fused-ring (bicyclic) bond motifs is 1. The Labute approximate surface area is 234 Å². The van der Waals surface area contributed by atoms with E-state index in [1.807, 2.05) is 35.0 Å². The van der Waals surface area contributed by atoms with E-state index >= 15 is 0 Å². The summed E-state index contributed by atoms with van der Waals surface area (Å²) in [5, 5.41) is 0. The molecule has 39 heavy (non-hydrogen) atoms. The molecule has 2 aromatic carbocycles. The number of carbonyl (C=O) groups is 2. The van der Waals surface area contributed by atoms with Gasteiger partial charge in [-0.15, -0.1) is 0 Å². The molecule has 2 saturated heterocycles. The molecule has 2 fully saturated rings. The van der Waals surface area contributed by atoms with Gasteiger partial charge in [-0.1, -0.05) is 30.7 Å². The van der Waals surface area contributed by atoms with Crippen molar-refractivity contribution in [2.45, 2.75) is 71.1 Å². The van der Waals surface area contributed by atoms with Crippen LogP contribution in [0, 0.1) is 12.3 Å². The van der Waals surface area contributed by atoms with Crippen LogP contribution in [-0.2, 0) is 11.2 Å². The molecule has 0 radical (unpaired) electrons. The number of benzene rings is 2. The Morgan fingerprint density at radius 1 is 0.872 bits per heavy atom. The van der Waals surface area contributed by atoms with Crippen LogP contribution in [0.3, 0.4) is 0 Å². The number of para-hydroxylation sites is 1. The number of piperidine rings is 1. The number of hydrogen-bond donors (Lipinski definition) is 0. The molecule has 6 nitrogen and oxygen atoms in total. The highest BCUT2D eigenvalue weighted by Gasteiger charge is 2.37. The molecule has 0 aromatic heterocycles. The number of anilines is 1. The van der Waals surface area contributed by atoms with Crippen molar-refractivity contribution in [1.82, 2.24) is 9.80 Å². The first-order chi connectivity index (χ1) is 18.9. The van der Waals surface area contributed by atoms with Crippen molar-refractivity contribution < 1.29 is 14.3 Å². The maximum absolute atomic E-state index is 13.6. The number of aryl methyl sites for hydroxylation is 2. The molecule has 0 aliphatic carbocycles.